The van der Waals surface area contributed by atoms with Gasteiger partial charge in [0, 0.05) is 6.42 Å². The van der Waals surface area contributed by atoms with Crippen molar-refractivity contribution in [1.29, 1.82) is 0 Å². The lowest BCUT2D eigenvalue weighted by molar-refractivity contribution is -0.142. The highest BCUT2D eigenvalue weighted by Gasteiger charge is 2.08. The van der Waals surface area contributed by atoms with Crippen molar-refractivity contribution < 1.29 is 14.3 Å². The number of ketones is 1. The van der Waals surface area contributed by atoms with Crippen LogP contribution in [0, 0.1) is 6.92 Å². The predicted octanol–water partition coefficient (Wildman–Crippen LogP) is 2.61. The third-order valence-corrected chi connectivity index (χ3v) is 3.03. The molecule has 1 aromatic rings. The molecule has 3 nitrogen and oxygen atoms in total. The number of benzene rings is 1. The van der Waals surface area contributed by atoms with Gasteiger partial charge in [0.15, 0.2) is 0 Å². The number of alkyl halides is 1. The summed E-state index contributed by atoms with van der Waals surface area (Å²) in [6.07, 6.45) is 0.647. The number of hydrogen-bond donors (Lipinski definition) is 0. The monoisotopic (exact) mass is 312 g/mol. The fraction of sp³-hybridized carbons (Fsp3) is 0.429. The standard InChI is InChI=1S/C14H17BrO3/c1-3-18-14(17)8-12-5-10(2)4-11(6-12)7-13(16)9-15/h4-6H,3,7-9H2,1-2H3. The zero-order valence-corrected chi connectivity index (χ0v) is 12.2. The van der Waals surface area contributed by atoms with E-state index in [0.717, 1.165) is 16.7 Å². The minimum absolute atomic E-state index is 0.127. The molecule has 0 bridgehead atoms. The molecule has 0 radical (unpaired) electrons. The van der Waals surface area contributed by atoms with Crippen LogP contribution in [0.3, 0.4) is 0 Å². The van der Waals surface area contributed by atoms with E-state index in [1.165, 1.54) is 0 Å². The number of carbonyl (C=O) groups is 2. The Morgan fingerprint density at radius 1 is 1.17 bits per heavy atom. The fourth-order valence-corrected chi connectivity index (χ4v) is 2.00. The van der Waals surface area contributed by atoms with Crippen molar-refractivity contribution in [2.75, 3.05) is 11.9 Å². The van der Waals surface area contributed by atoms with Gasteiger partial charge in [0.1, 0.15) is 5.78 Å². The van der Waals surface area contributed by atoms with E-state index >= 15 is 0 Å². The highest BCUT2D eigenvalue weighted by atomic mass is 79.9. The maximum atomic E-state index is 11.4. The Morgan fingerprint density at radius 3 is 2.33 bits per heavy atom. The van der Waals surface area contributed by atoms with Gasteiger partial charge in [-0.15, -0.1) is 0 Å². The summed E-state index contributed by atoms with van der Waals surface area (Å²) in [6.45, 7) is 4.13. The van der Waals surface area contributed by atoms with E-state index in [9.17, 15) is 9.59 Å². The van der Waals surface area contributed by atoms with Gasteiger partial charge in [-0.1, -0.05) is 39.7 Å². The lowest BCUT2D eigenvalue weighted by Crippen LogP contribution is -2.09. The molecular weight excluding hydrogens is 296 g/mol. The molecule has 0 heterocycles. The smallest absolute Gasteiger partial charge is 0.310 e. The first-order chi connectivity index (χ1) is 8.55. The Hall–Kier alpha value is -1.16. The van der Waals surface area contributed by atoms with Crippen LogP contribution in [0.4, 0.5) is 0 Å². The number of Topliss-reactive ketones (excluding diaryl/α,β-unsaturated/α-hetero) is 1. The second kappa shape index (κ2) is 7.31. The lowest BCUT2D eigenvalue weighted by atomic mass is 10.0. The molecule has 0 aliphatic heterocycles. The molecule has 0 fully saturated rings. The molecule has 0 unspecified atom stereocenters. The van der Waals surface area contributed by atoms with Gasteiger partial charge in [-0.05, 0) is 25.0 Å². The van der Waals surface area contributed by atoms with Crippen molar-refractivity contribution in [2.24, 2.45) is 0 Å². The van der Waals surface area contributed by atoms with E-state index in [-0.39, 0.29) is 18.2 Å². The molecule has 0 aliphatic carbocycles. The summed E-state index contributed by atoms with van der Waals surface area (Å²) in [5.41, 5.74) is 2.89. The third-order valence-electron chi connectivity index (χ3n) is 2.40. The fourth-order valence-electron chi connectivity index (χ4n) is 1.81. The minimum atomic E-state index is -0.235. The molecular formula is C14H17BrO3. The second-order valence-electron chi connectivity index (χ2n) is 4.16. The Morgan fingerprint density at radius 2 is 1.78 bits per heavy atom. The van der Waals surface area contributed by atoms with Gasteiger partial charge in [0.25, 0.3) is 0 Å². The summed E-state index contributed by atoms with van der Waals surface area (Å²) in [7, 11) is 0. The molecule has 1 aromatic carbocycles. The maximum Gasteiger partial charge on any atom is 0.310 e. The van der Waals surface area contributed by atoms with E-state index in [4.69, 9.17) is 4.74 Å². The van der Waals surface area contributed by atoms with Crippen LogP contribution in [0.2, 0.25) is 0 Å². The normalized spacial score (nSPS) is 10.2. The summed E-state index contributed by atoms with van der Waals surface area (Å²) in [5, 5.41) is 0.355. The van der Waals surface area contributed by atoms with Crippen LogP contribution in [-0.2, 0) is 27.2 Å². The Kier molecular flexibility index (Phi) is 6.05. The van der Waals surface area contributed by atoms with Gasteiger partial charge in [-0.25, -0.2) is 0 Å². The molecule has 0 saturated heterocycles. The van der Waals surface area contributed by atoms with Crippen molar-refractivity contribution >= 4 is 27.7 Å². The number of esters is 1. The maximum absolute atomic E-state index is 11.4. The van der Waals surface area contributed by atoms with Crippen molar-refractivity contribution in [3.63, 3.8) is 0 Å². The largest absolute Gasteiger partial charge is 0.466 e. The van der Waals surface area contributed by atoms with Gasteiger partial charge in [-0.2, -0.15) is 0 Å². The molecule has 18 heavy (non-hydrogen) atoms. The van der Waals surface area contributed by atoms with Crippen molar-refractivity contribution in [3.8, 4) is 0 Å². The Labute approximate surface area is 116 Å². The van der Waals surface area contributed by atoms with Gasteiger partial charge in [0.05, 0.1) is 18.4 Å². The number of halogens is 1. The van der Waals surface area contributed by atoms with Crippen LogP contribution in [0.15, 0.2) is 18.2 Å². The van der Waals surface area contributed by atoms with Crippen LogP contribution in [0.25, 0.3) is 0 Å². The van der Waals surface area contributed by atoms with Gasteiger partial charge < -0.3 is 4.74 Å². The van der Waals surface area contributed by atoms with Gasteiger partial charge >= 0.3 is 5.97 Å². The first-order valence-electron chi connectivity index (χ1n) is 5.88. The number of carbonyl (C=O) groups excluding carboxylic acids is 2. The van der Waals surface area contributed by atoms with Crippen LogP contribution in [-0.4, -0.2) is 23.7 Å². The zero-order valence-electron chi connectivity index (χ0n) is 10.7. The van der Waals surface area contributed by atoms with E-state index in [0.29, 0.717) is 18.4 Å². The zero-order chi connectivity index (χ0) is 13.5. The van der Waals surface area contributed by atoms with Crippen molar-refractivity contribution in [3.05, 3.63) is 34.9 Å². The third kappa shape index (κ3) is 5.00. The van der Waals surface area contributed by atoms with E-state index in [2.05, 4.69) is 15.9 Å². The topological polar surface area (TPSA) is 43.4 Å². The molecule has 0 aromatic heterocycles. The molecule has 4 heteroatoms. The molecule has 0 atom stereocenters. The number of rotatable bonds is 6. The average molecular weight is 313 g/mol. The van der Waals surface area contributed by atoms with Crippen molar-refractivity contribution in [1.82, 2.24) is 0 Å². The van der Waals surface area contributed by atoms with Crippen LogP contribution < -0.4 is 0 Å². The summed E-state index contributed by atoms with van der Waals surface area (Å²) in [4.78, 5) is 22.8. The van der Waals surface area contributed by atoms with Gasteiger partial charge in [-0.3, -0.25) is 9.59 Å². The second-order valence-corrected chi connectivity index (χ2v) is 4.72. The SMILES string of the molecule is CCOC(=O)Cc1cc(C)cc(CC(=O)CBr)c1. The average Bonchev–Trinajstić information content (AvgIpc) is 2.28. The van der Waals surface area contributed by atoms with Gasteiger partial charge in [0.2, 0.25) is 0 Å². The first-order valence-corrected chi connectivity index (χ1v) is 7.00. The summed E-state index contributed by atoms with van der Waals surface area (Å²) >= 11 is 3.15. The number of ether oxygens (including phenoxy) is 1. The predicted molar refractivity (Wildman–Crippen MR) is 74.0 cm³/mol. The highest BCUT2D eigenvalue weighted by Crippen LogP contribution is 2.12. The van der Waals surface area contributed by atoms with Crippen LogP contribution in [0.5, 0.6) is 0 Å². The lowest BCUT2D eigenvalue weighted by Gasteiger charge is -2.07. The molecule has 0 spiro atoms. The first kappa shape index (κ1) is 14.9. The molecule has 98 valence electrons. The molecule has 0 amide bonds. The number of hydrogen-bond acceptors (Lipinski definition) is 3. The molecule has 0 N–H and O–H groups in total. The summed E-state index contributed by atoms with van der Waals surface area (Å²) in [6, 6.07) is 5.80. The minimum Gasteiger partial charge on any atom is -0.466 e. The summed E-state index contributed by atoms with van der Waals surface area (Å²) in [5.74, 6) is -0.108. The van der Waals surface area contributed by atoms with E-state index < -0.39 is 0 Å². The molecule has 1 rings (SSSR count). The van der Waals surface area contributed by atoms with E-state index in [1.54, 1.807) is 6.92 Å². The van der Waals surface area contributed by atoms with E-state index in [1.807, 2.05) is 25.1 Å². The Balaban J connectivity index is 2.80. The summed E-state index contributed by atoms with van der Waals surface area (Å²) < 4.78 is 4.91. The van der Waals surface area contributed by atoms with Crippen LogP contribution >= 0.6 is 15.9 Å². The highest BCUT2D eigenvalue weighted by molar-refractivity contribution is 9.09. The Bertz CT molecular complexity index is 441. The quantitative estimate of drug-likeness (QED) is 0.599. The number of aryl methyl sites for hydroxylation is 1. The molecule has 0 aliphatic rings. The molecule has 0 saturated carbocycles. The van der Waals surface area contributed by atoms with Crippen LogP contribution in [0.1, 0.15) is 23.6 Å². The van der Waals surface area contributed by atoms with Crippen molar-refractivity contribution in [2.45, 2.75) is 26.7 Å².